The smallest absolute Gasteiger partial charge is 0.225 e. The molecule has 0 radical (unpaired) electrons. The van der Waals surface area contributed by atoms with Crippen molar-refractivity contribution in [2.24, 2.45) is 0 Å². The highest BCUT2D eigenvalue weighted by molar-refractivity contribution is 9.10. The second-order valence-corrected chi connectivity index (χ2v) is 6.47. The first kappa shape index (κ1) is 14.5. The second-order valence-electron chi connectivity index (χ2n) is 5.55. The minimum absolute atomic E-state index is 0.140. The van der Waals surface area contributed by atoms with Crippen LogP contribution in [0.25, 0.3) is 0 Å². The molecule has 0 saturated carbocycles. The zero-order valence-electron chi connectivity index (χ0n) is 12.1. The Labute approximate surface area is 140 Å². The Balaban J connectivity index is 1.87. The molecule has 2 heterocycles. The topological polar surface area (TPSA) is 47.6 Å². The molecule has 23 heavy (non-hydrogen) atoms. The highest BCUT2D eigenvalue weighted by Crippen LogP contribution is 2.44. The van der Waals surface area contributed by atoms with Gasteiger partial charge in [-0.1, -0.05) is 15.9 Å². The number of ether oxygens (including phenoxy) is 2. The third-order valence-electron chi connectivity index (χ3n) is 4.09. The van der Waals surface area contributed by atoms with Gasteiger partial charge in [-0.25, -0.2) is 4.39 Å². The van der Waals surface area contributed by atoms with Crippen molar-refractivity contribution in [2.45, 2.75) is 12.3 Å². The van der Waals surface area contributed by atoms with Crippen molar-refractivity contribution in [3.05, 3.63) is 51.7 Å². The van der Waals surface area contributed by atoms with Crippen LogP contribution in [-0.4, -0.2) is 19.1 Å². The monoisotopic (exact) mass is 377 g/mol. The van der Waals surface area contributed by atoms with Gasteiger partial charge in [-0.15, -0.1) is 0 Å². The summed E-state index contributed by atoms with van der Waals surface area (Å²) in [6, 6.07) is 8.37. The van der Waals surface area contributed by atoms with Crippen molar-refractivity contribution in [3.63, 3.8) is 0 Å². The molecule has 0 bridgehead atoms. The lowest BCUT2D eigenvalue weighted by atomic mass is 9.84. The van der Waals surface area contributed by atoms with Crippen LogP contribution in [0.3, 0.4) is 0 Å². The van der Waals surface area contributed by atoms with Crippen molar-refractivity contribution < 1.29 is 18.7 Å². The Morgan fingerprint density at radius 3 is 2.61 bits per heavy atom. The first-order chi connectivity index (χ1) is 11.1. The summed E-state index contributed by atoms with van der Waals surface area (Å²) in [6.07, 6.45) is 0.194. The average Bonchev–Trinajstić information content (AvgIpc) is 2.54. The number of nitrogens with one attached hydrogen (secondary N) is 1. The molecule has 0 aliphatic carbocycles. The molecule has 1 N–H and O–H groups in total. The molecule has 1 atom stereocenters. The summed E-state index contributed by atoms with van der Waals surface area (Å²) in [5, 5.41) is 2.84. The Morgan fingerprint density at radius 2 is 1.83 bits per heavy atom. The molecule has 2 aromatic carbocycles. The number of hydrogen-bond acceptors (Lipinski definition) is 3. The summed E-state index contributed by atoms with van der Waals surface area (Å²) in [5.41, 5.74) is 1.98. The summed E-state index contributed by atoms with van der Waals surface area (Å²) in [6.45, 7) is 0.956. The van der Waals surface area contributed by atoms with E-state index in [1.54, 1.807) is 18.2 Å². The summed E-state index contributed by atoms with van der Waals surface area (Å²) in [5.74, 6) is 0.414. The number of rotatable bonds is 1. The number of carbonyl (C=O) groups is 1. The molecular weight excluding hydrogens is 365 g/mol. The van der Waals surface area contributed by atoms with Crippen LogP contribution in [0.2, 0.25) is 0 Å². The van der Waals surface area contributed by atoms with Crippen LogP contribution >= 0.6 is 15.9 Å². The van der Waals surface area contributed by atoms with Crippen molar-refractivity contribution in [2.75, 3.05) is 18.5 Å². The van der Waals surface area contributed by atoms with Crippen molar-refractivity contribution >= 4 is 27.5 Å². The molecule has 4 nitrogen and oxygen atoms in total. The van der Waals surface area contributed by atoms with E-state index in [4.69, 9.17) is 9.47 Å². The van der Waals surface area contributed by atoms with Crippen molar-refractivity contribution in [3.8, 4) is 11.5 Å². The molecule has 0 saturated heterocycles. The van der Waals surface area contributed by atoms with Crippen LogP contribution in [0.5, 0.6) is 11.5 Å². The van der Waals surface area contributed by atoms with Crippen LogP contribution < -0.4 is 14.8 Å². The van der Waals surface area contributed by atoms with Crippen LogP contribution in [0.4, 0.5) is 10.1 Å². The van der Waals surface area contributed by atoms with E-state index in [0.717, 1.165) is 10.0 Å². The quantitative estimate of drug-likeness (QED) is 0.821. The minimum atomic E-state index is -0.355. The van der Waals surface area contributed by atoms with Gasteiger partial charge in [0.2, 0.25) is 5.91 Å². The fourth-order valence-corrected chi connectivity index (χ4v) is 3.44. The SMILES string of the molecule is O=C1CC(c2cc(Br)ccc2F)c2cc3c(cc2N1)OCCO3. The van der Waals surface area contributed by atoms with Crippen LogP contribution in [0.15, 0.2) is 34.8 Å². The number of benzene rings is 2. The van der Waals surface area contributed by atoms with E-state index >= 15 is 0 Å². The van der Waals surface area contributed by atoms with Gasteiger partial charge in [0.25, 0.3) is 0 Å². The van der Waals surface area contributed by atoms with Crippen LogP contribution in [-0.2, 0) is 4.79 Å². The molecule has 0 aromatic heterocycles. The fourth-order valence-electron chi connectivity index (χ4n) is 3.06. The molecule has 2 aliphatic heterocycles. The standard InChI is InChI=1S/C17H13BrFNO3/c18-9-1-2-13(19)11(5-9)10-7-17(21)20-14-8-16-15(6-12(10)14)22-3-4-23-16/h1-2,5-6,8,10H,3-4,7H2,(H,20,21). The summed E-state index contributed by atoms with van der Waals surface area (Å²) < 4.78 is 26.2. The molecule has 2 aromatic rings. The number of fused-ring (bicyclic) bond motifs is 2. The molecule has 6 heteroatoms. The van der Waals surface area contributed by atoms with E-state index in [2.05, 4.69) is 21.2 Å². The molecular formula is C17H13BrFNO3. The number of hydrogen-bond donors (Lipinski definition) is 1. The maximum atomic E-state index is 14.3. The maximum absolute atomic E-state index is 14.3. The number of carbonyl (C=O) groups excluding carboxylic acids is 1. The van der Waals surface area contributed by atoms with Gasteiger partial charge < -0.3 is 14.8 Å². The largest absolute Gasteiger partial charge is 0.486 e. The van der Waals surface area contributed by atoms with Crippen molar-refractivity contribution in [1.82, 2.24) is 0 Å². The Bertz CT molecular complexity index is 809. The van der Waals surface area contributed by atoms with E-state index in [1.807, 2.05) is 6.07 Å². The van der Waals surface area contributed by atoms with E-state index in [1.165, 1.54) is 6.07 Å². The predicted octanol–water partition coefficient (Wildman–Crippen LogP) is 3.83. The van der Waals surface area contributed by atoms with Crippen molar-refractivity contribution in [1.29, 1.82) is 0 Å². The minimum Gasteiger partial charge on any atom is -0.486 e. The first-order valence-electron chi connectivity index (χ1n) is 7.30. The van der Waals surface area contributed by atoms with Gasteiger partial charge in [0, 0.05) is 28.6 Å². The highest BCUT2D eigenvalue weighted by atomic mass is 79.9. The van der Waals surface area contributed by atoms with Gasteiger partial charge in [-0.05, 0) is 35.4 Å². The Hall–Kier alpha value is -2.08. The lowest BCUT2D eigenvalue weighted by molar-refractivity contribution is -0.116. The molecule has 118 valence electrons. The average molecular weight is 378 g/mol. The fraction of sp³-hybridized carbons (Fsp3) is 0.235. The molecule has 1 unspecified atom stereocenters. The third kappa shape index (κ3) is 2.57. The summed E-state index contributed by atoms with van der Waals surface area (Å²) in [4.78, 5) is 12.1. The zero-order chi connectivity index (χ0) is 16.0. The lowest BCUT2D eigenvalue weighted by Crippen LogP contribution is -2.25. The van der Waals surface area contributed by atoms with Crippen LogP contribution in [0.1, 0.15) is 23.5 Å². The normalized spacial score (nSPS) is 19.0. The van der Waals surface area contributed by atoms with Gasteiger partial charge >= 0.3 is 0 Å². The van der Waals surface area contributed by atoms with E-state index < -0.39 is 0 Å². The van der Waals surface area contributed by atoms with E-state index in [-0.39, 0.29) is 24.1 Å². The molecule has 4 rings (SSSR count). The Kier molecular flexibility index (Phi) is 3.49. The van der Waals surface area contributed by atoms with Crippen LogP contribution in [0, 0.1) is 5.82 Å². The maximum Gasteiger partial charge on any atom is 0.225 e. The van der Waals surface area contributed by atoms with E-state index in [0.29, 0.717) is 36.0 Å². The molecule has 1 amide bonds. The highest BCUT2D eigenvalue weighted by Gasteiger charge is 2.31. The molecule has 0 fully saturated rings. The zero-order valence-corrected chi connectivity index (χ0v) is 13.7. The predicted molar refractivity (Wildman–Crippen MR) is 86.6 cm³/mol. The summed E-state index contributed by atoms with van der Waals surface area (Å²) >= 11 is 3.37. The molecule has 2 aliphatic rings. The van der Waals surface area contributed by atoms with E-state index in [9.17, 15) is 9.18 Å². The second kappa shape index (κ2) is 5.53. The Morgan fingerprint density at radius 1 is 1.09 bits per heavy atom. The number of halogens is 2. The first-order valence-corrected chi connectivity index (χ1v) is 8.09. The van der Waals surface area contributed by atoms with Gasteiger partial charge in [0.1, 0.15) is 19.0 Å². The third-order valence-corrected chi connectivity index (χ3v) is 4.58. The molecule has 0 spiro atoms. The van der Waals surface area contributed by atoms with Gasteiger partial charge in [-0.2, -0.15) is 0 Å². The lowest BCUT2D eigenvalue weighted by Gasteiger charge is -2.29. The van der Waals surface area contributed by atoms with Gasteiger partial charge in [0.05, 0.1) is 0 Å². The number of amides is 1. The van der Waals surface area contributed by atoms with Gasteiger partial charge in [0.15, 0.2) is 11.5 Å². The summed E-state index contributed by atoms with van der Waals surface area (Å²) in [7, 11) is 0. The van der Waals surface area contributed by atoms with Gasteiger partial charge in [-0.3, -0.25) is 4.79 Å². The number of anilines is 1.